The average molecular weight is 412 g/mol. The van der Waals surface area contributed by atoms with Crippen LogP contribution in [0, 0.1) is 6.92 Å². The first-order valence-electron chi connectivity index (χ1n) is 7.02. The molecular formula is C16H14BrNO3S2. The molecule has 3 rings (SSSR count). The Morgan fingerprint density at radius 3 is 2.74 bits per heavy atom. The van der Waals surface area contributed by atoms with E-state index in [4.69, 9.17) is 4.74 Å². The predicted octanol–water partition coefficient (Wildman–Crippen LogP) is 5.14. The van der Waals surface area contributed by atoms with Crippen LogP contribution in [0.3, 0.4) is 0 Å². The van der Waals surface area contributed by atoms with E-state index in [-0.39, 0.29) is 11.9 Å². The van der Waals surface area contributed by atoms with Crippen molar-refractivity contribution in [1.29, 1.82) is 0 Å². The summed E-state index contributed by atoms with van der Waals surface area (Å²) in [4.78, 5) is 28.2. The van der Waals surface area contributed by atoms with Crippen molar-refractivity contribution in [3.05, 3.63) is 33.1 Å². The van der Waals surface area contributed by atoms with Crippen molar-refractivity contribution < 1.29 is 14.3 Å². The minimum atomic E-state index is -0.382. The van der Waals surface area contributed by atoms with Gasteiger partial charge in [0.2, 0.25) is 5.91 Å². The number of aryl methyl sites for hydroxylation is 1. The number of nitrogens with zero attached hydrogens (tertiary/aromatic N) is 1. The molecular weight excluding hydrogens is 398 g/mol. The summed E-state index contributed by atoms with van der Waals surface area (Å²) >= 11 is 6.54. The molecule has 2 aromatic rings. The van der Waals surface area contributed by atoms with E-state index in [1.165, 1.54) is 18.3 Å². The normalized spacial score (nSPS) is 12.6. The Kier molecular flexibility index (Phi) is 4.53. The van der Waals surface area contributed by atoms with Gasteiger partial charge in [-0.2, -0.15) is 0 Å². The third-order valence-electron chi connectivity index (χ3n) is 3.41. The van der Waals surface area contributed by atoms with E-state index < -0.39 is 0 Å². The molecule has 0 N–H and O–H groups in total. The van der Waals surface area contributed by atoms with Crippen LogP contribution < -0.4 is 4.90 Å². The molecule has 0 atom stereocenters. The van der Waals surface area contributed by atoms with Crippen molar-refractivity contribution in [3.63, 3.8) is 0 Å². The summed E-state index contributed by atoms with van der Waals surface area (Å²) in [6, 6.07) is 5.82. The number of amides is 1. The molecule has 0 aliphatic carbocycles. The summed E-state index contributed by atoms with van der Waals surface area (Å²) in [5.41, 5.74) is 1.92. The van der Waals surface area contributed by atoms with Gasteiger partial charge in [-0.3, -0.25) is 9.69 Å². The van der Waals surface area contributed by atoms with Crippen molar-refractivity contribution >= 4 is 62.3 Å². The van der Waals surface area contributed by atoms with Crippen molar-refractivity contribution in [2.24, 2.45) is 0 Å². The minimum Gasteiger partial charge on any atom is -0.462 e. The van der Waals surface area contributed by atoms with Gasteiger partial charge in [0.1, 0.15) is 0 Å². The molecule has 7 heteroatoms. The Balaban J connectivity index is 2.23. The zero-order valence-electron chi connectivity index (χ0n) is 12.8. The molecule has 120 valence electrons. The highest BCUT2D eigenvalue weighted by Crippen LogP contribution is 2.54. The van der Waals surface area contributed by atoms with Crippen LogP contribution >= 0.6 is 39.0 Å². The van der Waals surface area contributed by atoms with Gasteiger partial charge in [0.25, 0.3) is 0 Å². The Morgan fingerprint density at radius 2 is 2.09 bits per heavy atom. The monoisotopic (exact) mass is 411 g/mol. The molecule has 0 saturated heterocycles. The number of anilines is 2. The maximum atomic E-state index is 12.4. The molecule has 4 nitrogen and oxygen atoms in total. The van der Waals surface area contributed by atoms with E-state index in [1.807, 2.05) is 25.1 Å². The molecule has 1 aliphatic rings. The van der Waals surface area contributed by atoms with Gasteiger partial charge in [0.15, 0.2) is 0 Å². The quantitative estimate of drug-likeness (QED) is 0.641. The number of thiophene rings is 1. The number of fused-ring (bicyclic) bond motifs is 2. The average Bonchev–Trinajstić information content (AvgIpc) is 2.80. The Labute approximate surface area is 150 Å². The van der Waals surface area contributed by atoms with Gasteiger partial charge < -0.3 is 4.74 Å². The summed E-state index contributed by atoms with van der Waals surface area (Å²) in [6.07, 6.45) is 0. The fourth-order valence-corrected chi connectivity index (χ4v) is 5.41. The predicted molar refractivity (Wildman–Crippen MR) is 96.1 cm³/mol. The van der Waals surface area contributed by atoms with Crippen LogP contribution in [0.2, 0.25) is 0 Å². The standard InChI is InChI=1S/C16H14BrNO3S2/c1-4-21-15(20)13-8(2)22-16-14(13)18(9(3)19)11-7-10(17)5-6-12(11)23-16/h5-7H,4H2,1-3H3. The number of halogens is 1. The van der Waals surface area contributed by atoms with E-state index >= 15 is 0 Å². The summed E-state index contributed by atoms with van der Waals surface area (Å²) in [7, 11) is 0. The maximum absolute atomic E-state index is 12.4. The molecule has 1 aromatic carbocycles. The fourth-order valence-electron chi connectivity index (χ4n) is 2.52. The van der Waals surface area contributed by atoms with Crippen molar-refractivity contribution in [3.8, 4) is 0 Å². The molecule has 1 aliphatic heterocycles. The van der Waals surface area contributed by atoms with Crippen LogP contribution in [-0.2, 0) is 9.53 Å². The highest BCUT2D eigenvalue weighted by molar-refractivity contribution is 9.10. The fraction of sp³-hybridized carbons (Fsp3) is 0.250. The first-order valence-corrected chi connectivity index (χ1v) is 9.45. The number of rotatable bonds is 2. The molecule has 0 saturated carbocycles. The van der Waals surface area contributed by atoms with E-state index in [9.17, 15) is 9.59 Å². The van der Waals surface area contributed by atoms with E-state index in [0.717, 1.165) is 24.1 Å². The lowest BCUT2D eigenvalue weighted by Crippen LogP contribution is -2.27. The van der Waals surface area contributed by atoms with Gasteiger partial charge in [-0.05, 0) is 32.0 Å². The van der Waals surface area contributed by atoms with Crippen LogP contribution in [0.4, 0.5) is 11.4 Å². The van der Waals surface area contributed by atoms with Gasteiger partial charge in [-0.25, -0.2) is 4.79 Å². The summed E-state index contributed by atoms with van der Waals surface area (Å²) < 4.78 is 7.01. The van der Waals surface area contributed by atoms with Crippen LogP contribution in [0.15, 0.2) is 31.8 Å². The van der Waals surface area contributed by atoms with Crippen molar-refractivity contribution in [2.45, 2.75) is 29.9 Å². The first-order chi connectivity index (χ1) is 10.9. The van der Waals surface area contributed by atoms with Gasteiger partial charge in [-0.15, -0.1) is 11.3 Å². The molecule has 0 bridgehead atoms. The number of hydrogen-bond acceptors (Lipinski definition) is 5. The second-order valence-electron chi connectivity index (χ2n) is 4.96. The van der Waals surface area contributed by atoms with Crippen molar-refractivity contribution in [1.82, 2.24) is 0 Å². The number of ether oxygens (including phenoxy) is 1. The Bertz CT molecular complexity index is 816. The molecule has 2 heterocycles. The second kappa shape index (κ2) is 6.30. The zero-order valence-corrected chi connectivity index (χ0v) is 16.0. The summed E-state index contributed by atoms with van der Waals surface area (Å²) in [5, 5.41) is 0. The third kappa shape index (κ3) is 2.81. The third-order valence-corrected chi connectivity index (χ3v) is 6.24. The summed E-state index contributed by atoms with van der Waals surface area (Å²) in [6.45, 7) is 5.47. The number of carbonyl (C=O) groups excluding carboxylic acids is 2. The van der Waals surface area contributed by atoms with Gasteiger partial charge >= 0.3 is 5.97 Å². The highest BCUT2D eigenvalue weighted by Gasteiger charge is 2.34. The lowest BCUT2D eigenvalue weighted by Gasteiger charge is -2.29. The van der Waals surface area contributed by atoms with E-state index in [1.54, 1.807) is 23.6 Å². The van der Waals surface area contributed by atoms with Crippen LogP contribution in [0.1, 0.15) is 29.1 Å². The van der Waals surface area contributed by atoms with E-state index in [0.29, 0.717) is 17.9 Å². The highest BCUT2D eigenvalue weighted by atomic mass is 79.9. The lowest BCUT2D eigenvalue weighted by molar-refractivity contribution is -0.115. The van der Waals surface area contributed by atoms with Crippen LogP contribution in [-0.4, -0.2) is 18.5 Å². The van der Waals surface area contributed by atoms with E-state index in [2.05, 4.69) is 15.9 Å². The number of esters is 1. The SMILES string of the molecule is CCOC(=O)c1c(C)sc2c1N(C(C)=O)c1cc(Br)ccc1S2. The molecule has 1 amide bonds. The van der Waals surface area contributed by atoms with Crippen LogP contribution in [0.5, 0.6) is 0 Å². The molecule has 0 fully saturated rings. The molecule has 23 heavy (non-hydrogen) atoms. The molecule has 0 radical (unpaired) electrons. The van der Waals surface area contributed by atoms with Gasteiger partial charge in [0, 0.05) is 21.2 Å². The van der Waals surface area contributed by atoms with Crippen LogP contribution in [0.25, 0.3) is 0 Å². The second-order valence-corrected chi connectivity index (χ2v) is 8.41. The number of carbonyl (C=O) groups is 2. The van der Waals surface area contributed by atoms with Gasteiger partial charge in [0.05, 0.1) is 27.8 Å². The van der Waals surface area contributed by atoms with Crippen molar-refractivity contribution in [2.75, 3.05) is 11.5 Å². The Morgan fingerprint density at radius 1 is 1.35 bits per heavy atom. The smallest absolute Gasteiger partial charge is 0.341 e. The summed E-state index contributed by atoms with van der Waals surface area (Å²) in [5.74, 6) is -0.512. The number of benzene rings is 1. The maximum Gasteiger partial charge on any atom is 0.341 e. The molecule has 0 spiro atoms. The number of hydrogen-bond donors (Lipinski definition) is 0. The molecule has 0 unspecified atom stereocenters. The first kappa shape index (κ1) is 16.5. The Hall–Kier alpha value is -1.31. The molecule has 1 aromatic heterocycles. The zero-order chi connectivity index (χ0) is 16.7. The largest absolute Gasteiger partial charge is 0.462 e. The minimum absolute atomic E-state index is 0.130. The lowest BCUT2D eigenvalue weighted by atomic mass is 10.2. The topological polar surface area (TPSA) is 46.6 Å². The van der Waals surface area contributed by atoms with Gasteiger partial charge in [-0.1, -0.05) is 27.7 Å².